The molecular formula is C25H28N2O6. The van der Waals surface area contributed by atoms with Crippen LogP contribution in [0.5, 0.6) is 0 Å². The molecule has 0 spiro atoms. The largest absolute Gasteiger partial charge is 0.481 e. The van der Waals surface area contributed by atoms with Gasteiger partial charge in [0.25, 0.3) is 5.91 Å². The number of carbonyl (C=O) groups is 3. The highest BCUT2D eigenvalue weighted by Crippen LogP contribution is 2.44. The number of ether oxygens (including phenoxy) is 2. The van der Waals surface area contributed by atoms with Gasteiger partial charge < -0.3 is 25.2 Å². The van der Waals surface area contributed by atoms with Gasteiger partial charge in [0, 0.05) is 18.1 Å². The third kappa shape index (κ3) is 5.01. The van der Waals surface area contributed by atoms with E-state index in [0.717, 1.165) is 22.3 Å². The normalized spacial score (nSPS) is 19.5. The summed E-state index contributed by atoms with van der Waals surface area (Å²) in [6.07, 6.45) is -1.29. The van der Waals surface area contributed by atoms with E-state index in [1.807, 2.05) is 36.4 Å². The van der Waals surface area contributed by atoms with Crippen molar-refractivity contribution in [2.45, 2.75) is 50.3 Å². The van der Waals surface area contributed by atoms with Crippen LogP contribution in [0.2, 0.25) is 0 Å². The van der Waals surface area contributed by atoms with Crippen LogP contribution in [0.1, 0.15) is 43.7 Å². The van der Waals surface area contributed by atoms with Gasteiger partial charge in [-0.3, -0.25) is 9.59 Å². The predicted molar refractivity (Wildman–Crippen MR) is 121 cm³/mol. The fourth-order valence-corrected chi connectivity index (χ4v) is 4.61. The minimum atomic E-state index is -1.01. The van der Waals surface area contributed by atoms with Crippen LogP contribution in [0.3, 0.4) is 0 Å². The Balaban J connectivity index is 1.36. The lowest BCUT2D eigenvalue weighted by Gasteiger charge is -2.27. The van der Waals surface area contributed by atoms with Crippen molar-refractivity contribution in [3.63, 3.8) is 0 Å². The van der Waals surface area contributed by atoms with E-state index in [1.54, 1.807) is 13.8 Å². The third-order valence-electron chi connectivity index (χ3n) is 6.05. The molecule has 0 unspecified atom stereocenters. The average molecular weight is 453 g/mol. The number of hydrogen-bond donors (Lipinski definition) is 3. The number of aliphatic carboxylic acids is 1. The van der Waals surface area contributed by atoms with Crippen LogP contribution < -0.4 is 10.6 Å². The lowest BCUT2D eigenvalue weighted by atomic mass is 9.98. The number of rotatable bonds is 7. The van der Waals surface area contributed by atoms with Gasteiger partial charge >= 0.3 is 12.1 Å². The second-order valence-electron chi connectivity index (χ2n) is 9.10. The zero-order valence-corrected chi connectivity index (χ0v) is 18.7. The quantitative estimate of drug-likeness (QED) is 0.595. The first-order chi connectivity index (χ1) is 15.7. The highest BCUT2D eigenvalue weighted by Gasteiger charge is 2.38. The Morgan fingerprint density at radius 2 is 1.67 bits per heavy atom. The van der Waals surface area contributed by atoms with Crippen molar-refractivity contribution in [2.75, 3.05) is 13.2 Å². The molecule has 33 heavy (non-hydrogen) atoms. The smallest absolute Gasteiger partial charge is 0.407 e. The van der Waals surface area contributed by atoms with E-state index in [-0.39, 0.29) is 18.9 Å². The molecule has 2 aromatic carbocycles. The monoisotopic (exact) mass is 452 g/mol. The molecule has 0 saturated carbocycles. The van der Waals surface area contributed by atoms with Gasteiger partial charge in [-0.1, -0.05) is 48.5 Å². The maximum atomic E-state index is 12.7. The van der Waals surface area contributed by atoms with E-state index in [1.165, 1.54) is 0 Å². The molecular weight excluding hydrogens is 424 g/mol. The van der Waals surface area contributed by atoms with E-state index in [4.69, 9.17) is 14.6 Å². The molecule has 2 aromatic rings. The number of nitrogens with one attached hydrogen (secondary N) is 2. The molecule has 0 bridgehead atoms. The van der Waals surface area contributed by atoms with Gasteiger partial charge in [0.1, 0.15) is 6.61 Å². The van der Waals surface area contributed by atoms with Gasteiger partial charge in [0.05, 0.1) is 12.5 Å². The summed E-state index contributed by atoms with van der Waals surface area (Å²) in [6, 6.07) is 15.6. The van der Waals surface area contributed by atoms with Crippen LogP contribution in [0.4, 0.5) is 4.79 Å². The summed E-state index contributed by atoms with van der Waals surface area (Å²) in [5.74, 6) is -1.53. The molecule has 3 N–H and O–H groups in total. The molecule has 174 valence electrons. The first-order valence-corrected chi connectivity index (χ1v) is 11.0. The van der Waals surface area contributed by atoms with Gasteiger partial charge in [-0.25, -0.2) is 4.79 Å². The van der Waals surface area contributed by atoms with Gasteiger partial charge in [-0.15, -0.1) is 0 Å². The molecule has 2 amide bonds. The molecule has 1 fully saturated rings. The van der Waals surface area contributed by atoms with E-state index in [2.05, 4.69) is 22.8 Å². The fraction of sp³-hybridized carbons (Fsp3) is 0.400. The summed E-state index contributed by atoms with van der Waals surface area (Å²) in [7, 11) is 0. The SMILES string of the molecule is CC(C)(CC(=O)O)NC(=O)[C@H]1OCC[C@H]1NC(=O)OCC1c2ccccc2-c2ccccc21. The fourth-order valence-electron chi connectivity index (χ4n) is 4.61. The Kier molecular flexibility index (Phi) is 6.37. The number of carboxylic acid groups (broad SMARTS) is 1. The average Bonchev–Trinajstić information content (AvgIpc) is 3.33. The van der Waals surface area contributed by atoms with Crippen LogP contribution in [0, 0.1) is 0 Å². The summed E-state index contributed by atoms with van der Waals surface area (Å²) < 4.78 is 11.1. The summed E-state index contributed by atoms with van der Waals surface area (Å²) >= 11 is 0. The minimum Gasteiger partial charge on any atom is -0.481 e. The first-order valence-electron chi connectivity index (χ1n) is 11.0. The summed E-state index contributed by atoms with van der Waals surface area (Å²) in [4.78, 5) is 36.2. The van der Waals surface area contributed by atoms with Crippen molar-refractivity contribution in [3.8, 4) is 11.1 Å². The van der Waals surface area contributed by atoms with Crippen molar-refractivity contribution >= 4 is 18.0 Å². The number of carboxylic acids is 1. The van der Waals surface area contributed by atoms with Crippen molar-refractivity contribution in [1.82, 2.24) is 10.6 Å². The van der Waals surface area contributed by atoms with Crippen LogP contribution in [-0.2, 0) is 19.1 Å². The van der Waals surface area contributed by atoms with Crippen molar-refractivity contribution in [2.24, 2.45) is 0 Å². The zero-order valence-electron chi connectivity index (χ0n) is 18.7. The van der Waals surface area contributed by atoms with Gasteiger partial charge in [-0.2, -0.15) is 0 Å². The molecule has 0 radical (unpaired) electrons. The number of hydrogen-bond acceptors (Lipinski definition) is 5. The molecule has 0 aromatic heterocycles. The van der Waals surface area contributed by atoms with Crippen LogP contribution in [-0.4, -0.2) is 54.0 Å². The molecule has 1 saturated heterocycles. The maximum Gasteiger partial charge on any atom is 0.407 e. The molecule has 2 atom stereocenters. The highest BCUT2D eigenvalue weighted by atomic mass is 16.6. The Bertz CT molecular complexity index is 1020. The van der Waals surface area contributed by atoms with Crippen molar-refractivity contribution < 1.29 is 29.0 Å². The minimum absolute atomic E-state index is 0.0566. The Labute approximate surface area is 192 Å². The molecule has 1 aliphatic heterocycles. The van der Waals surface area contributed by atoms with E-state index >= 15 is 0 Å². The van der Waals surface area contributed by atoms with E-state index < -0.39 is 35.7 Å². The number of amides is 2. The van der Waals surface area contributed by atoms with Crippen LogP contribution in [0.25, 0.3) is 11.1 Å². The van der Waals surface area contributed by atoms with Crippen molar-refractivity contribution in [3.05, 3.63) is 59.7 Å². The molecule has 8 heteroatoms. The number of alkyl carbamates (subject to hydrolysis) is 1. The van der Waals surface area contributed by atoms with Gasteiger partial charge in [-0.05, 0) is 42.5 Å². The summed E-state index contributed by atoms with van der Waals surface area (Å²) in [5, 5.41) is 14.5. The molecule has 4 rings (SSSR count). The molecule has 2 aliphatic rings. The molecule has 1 heterocycles. The molecule has 1 aliphatic carbocycles. The van der Waals surface area contributed by atoms with Crippen LogP contribution >= 0.6 is 0 Å². The zero-order chi connectivity index (χ0) is 23.6. The lowest BCUT2D eigenvalue weighted by molar-refractivity contribution is -0.139. The maximum absolute atomic E-state index is 12.7. The standard InChI is InChI=1S/C25H28N2O6/c1-25(2,13-21(28)29)27-23(30)22-20(11-12-32-22)26-24(31)33-14-19-17-9-5-3-7-15(17)16-8-4-6-10-18(16)19/h3-10,19-20,22H,11-14H2,1-2H3,(H,26,31)(H,27,30)(H,28,29)/t20-,22+/m1/s1. The topological polar surface area (TPSA) is 114 Å². The highest BCUT2D eigenvalue weighted by molar-refractivity contribution is 5.84. The predicted octanol–water partition coefficient (Wildman–Crippen LogP) is 3.05. The van der Waals surface area contributed by atoms with Crippen molar-refractivity contribution in [1.29, 1.82) is 0 Å². The number of carbonyl (C=O) groups excluding carboxylic acids is 2. The summed E-state index contributed by atoms with van der Waals surface area (Å²) in [6.45, 7) is 3.74. The Morgan fingerprint density at radius 1 is 1.06 bits per heavy atom. The van der Waals surface area contributed by atoms with Gasteiger partial charge in [0.15, 0.2) is 6.10 Å². The first kappa shape index (κ1) is 22.8. The third-order valence-corrected chi connectivity index (χ3v) is 6.05. The van der Waals surface area contributed by atoms with E-state index in [0.29, 0.717) is 13.0 Å². The Morgan fingerprint density at radius 3 is 2.27 bits per heavy atom. The lowest BCUT2D eigenvalue weighted by Crippen LogP contribution is -2.54. The Hall–Kier alpha value is -3.39. The second-order valence-corrected chi connectivity index (χ2v) is 9.10. The number of fused-ring (bicyclic) bond motifs is 3. The number of benzene rings is 2. The van der Waals surface area contributed by atoms with Gasteiger partial charge in [0.2, 0.25) is 0 Å². The molecule has 8 nitrogen and oxygen atoms in total. The van der Waals surface area contributed by atoms with Crippen LogP contribution in [0.15, 0.2) is 48.5 Å². The van der Waals surface area contributed by atoms with E-state index in [9.17, 15) is 14.4 Å². The second kappa shape index (κ2) is 9.23. The summed E-state index contributed by atoms with van der Waals surface area (Å²) in [5.41, 5.74) is 3.59.